The Morgan fingerprint density at radius 2 is 2.09 bits per heavy atom. The van der Waals surface area contributed by atoms with Crippen molar-refractivity contribution in [3.63, 3.8) is 0 Å². The van der Waals surface area contributed by atoms with E-state index < -0.39 is 0 Å². The fourth-order valence-corrected chi connectivity index (χ4v) is 3.67. The Morgan fingerprint density at radius 1 is 1.17 bits per heavy atom. The average Bonchev–Trinajstić information content (AvgIpc) is 3.24. The Bertz CT molecular complexity index is 602. The van der Waals surface area contributed by atoms with Crippen molar-refractivity contribution in [1.82, 2.24) is 9.88 Å². The van der Waals surface area contributed by atoms with E-state index in [-0.39, 0.29) is 12.2 Å². The molecule has 0 radical (unpaired) electrons. The summed E-state index contributed by atoms with van der Waals surface area (Å²) >= 11 is 0. The highest BCUT2D eigenvalue weighted by Gasteiger charge is 2.43. The highest BCUT2D eigenvalue weighted by Crippen LogP contribution is 2.33. The molecule has 2 aromatic heterocycles. The van der Waals surface area contributed by atoms with Gasteiger partial charge in [0.15, 0.2) is 0 Å². The molecule has 2 fully saturated rings. The van der Waals surface area contributed by atoms with Crippen LogP contribution in [0.1, 0.15) is 24.0 Å². The smallest absolute Gasteiger partial charge is 0.0992 e. The molecule has 1 saturated carbocycles. The van der Waals surface area contributed by atoms with E-state index in [9.17, 15) is 0 Å². The van der Waals surface area contributed by atoms with Crippen molar-refractivity contribution in [2.45, 2.75) is 44.2 Å². The van der Waals surface area contributed by atoms with Crippen molar-refractivity contribution >= 4 is 0 Å². The number of furan rings is 1. The van der Waals surface area contributed by atoms with Gasteiger partial charge >= 0.3 is 0 Å². The van der Waals surface area contributed by atoms with Crippen molar-refractivity contribution in [3.8, 4) is 0 Å². The second-order valence-electron chi connectivity index (χ2n) is 6.29. The fourth-order valence-electron chi connectivity index (χ4n) is 3.67. The molecule has 0 spiro atoms. The first-order chi connectivity index (χ1) is 11.4. The van der Waals surface area contributed by atoms with Gasteiger partial charge in [-0.1, -0.05) is 0 Å². The number of hydrogen-bond donors (Lipinski definition) is 0. The van der Waals surface area contributed by atoms with Crippen LogP contribution in [0.25, 0.3) is 0 Å². The third kappa shape index (κ3) is 3.32. The highest BCUT2D eigenvalue weighted by molar-refractivity contribution is 5.09. The maximum Gasteiger partial charge on any atom is 0.0992 e. The average molecular weight is 314 g/mol. The summed E-state index contributed by atoms with van der Waals surface area (Å²) in [6.07, 6.45) is 9.73. The van der Waals surface area contributed by atoms with Gasteiger partial charge in [0.2, 0.25) is 0 Å². The molecule has 3 atom stereocenters. The third-order valence-corrected chi connectivity index (χ3v) is 4.83. The zero-order valence-corrected chi connectivity index (χ0v) is 13.1. The van der Waals surface area contributed by atoms with Crippen LogP contribution < -0.4 is 0 Å². The quantitative estimate of drug-likeness (QED) is 0.849. The summed E-state index contributed by atoms with van der Waals surface area (Å²) in [5, 5.41) is 0. The first-order valence-corrected chi connectivity index (χ1v) is 8.27. The molecule has 5 heteroatoms. The number of rotatable bonds is 5. The summed E-state index contributed by atoms with van der Waals surface area (Å²) in [6, 6.07) is 6.48. The van der Waals surface area contributed by atoms with Gasteiger partial charge in [-0.05, 0) is 36.6 Å². The van der Waals surface area contributed by atoms with Crippen LogP contribution in [0.5, 0.6) is 0 Å². The molecule has 0 amide bonds. The van der Waals surface area contributed by atoms with Gasteiger partial charge in [0.1, 0.15) is 0 Å². The van der Waals surface area contributed by atoms with E-state index in [0.29, 0.717) is 12.6 Å². The number of fused-ring (bicyclic) bond motifs is 1. The van der Waals surface area contributed by atoms with Gasteiger partial charge in [-0.15, -0.1) is 0 Å². The van der Waals surface area contributed by atoms with Crippen molar-refractivity contribution in [1.29, 1.82) is 0 Å². The summed E-state index contributed by atoms with van der Waals surface area (Å²) < 4.78 is 17.4. The highest BCUT2D eigenvalue weighted by atomic mass is 16.5. The molecule has 0 unspecified atom stereocenters. The molecule has 1 aliphatic heterocycles. The van der Waals surface area contributed by atoms with Crippen LogP contribution >= 0.6 is 0 Å². The minimum Gasteiger partial charge on any atom is -0.472 e. The summed E-state index contributed by atoms with van der Waals surface area (Å²) in [6.45, 7) is 3.30. The lowest BCUT2D eigenvalue weighted by Crippen LogP contribution is -2.51. The maximum atomic E-state index is 6.14. The van der Waals surface area contributed by atoms with Crippen LogP contribution in [0, 0.1) is 0 Å². The standard InChI is InChI=1S/C18H22N2O3/c1-2-17(23-13-14-3-6-19-7-4-14)18-16(1)20(8-10-22-18)11-15-5-9-21-12-15/h3-7,9,12,16-18H,1-2,8,10-11,13H2/t16-,17+,18+/m0/s1. The van der Waals surface area contributed by atoms with Gasteiger partial charge in [0, 0.05) is 37.1 Å². The maximum absolute atomic E-state index is 6.14. The minimum atomic E-state index is 0.178. The SMILES string of the molecule is c1cc(CO[C@@H]2CC[C@H]3[C@H]2OCCN3Cc2ccoc2)ccn1. The van der Waals surface area contributed by atoms with E-state index >= 15 is 0 Å². The van der Waals surface area contributed by atoms with E-state index in [1.54, 1.807) is 18.7 Å². The van der Waals surface area contributed by atoms with Crippen LogP contribution in [0.15, 0.2) is 47.5 Å². The Morgan fingerprint density at radius 3 is 2.91 bits per heavy atom. The zero-order chi connectivity index (χ0) is 15.5. The minimum absolute atomic E-state index is 0.178. The first kappa shape index (κ1) is 14.9. The lowest BCUT2D eigenvalue weighted by Gasteiger charge is -2.38. The number of hydrogen-bond acceptors (Lipinski definition) is 5. The molecule has 0 N–H and O–H groups in total. The molecule has 2 aromatic rings. The van der Waals surface area contributed by atoms with Crippen LogP contribution in [-0.2, 0) is 22.6 Å². The molecule has 3 heterocycles. The Balaban J connectivity index is 1.37. The normalized spacial score (nSPS) is 27.9. The molecule has 4 rings (SSSR count). The zero-order valence-electron chi connectivity index (χ0n) is 13.1. The largest absolute Gasteiger partial charge is 0.472 e. The van der Waals surface area contributed by atoms with Crippen LogP contribution in [-0.4, -0.2) is 41.3 Å². The summed E-state index contributed by atoms with van der Waals surface area (Å²) in [7, 11) is 0. The number of morpholine rings is 1. The lowest BCUT2D eigenvalue weighted by atomic mass is 10.1. The molecule has 5 nitrogen and oxygen atoms in total. The van der Waals surface area contributed by atoms with E-state index in [4.69, 9.17) is 13.9 Å². The van der Waals surface area contributed by atoms with Crippen LogP contribution in [0.3, 0.4) is 0 Å². The Kier molecular flexibility index (Phi) is 4.41. The van der Waals surface area contributed by atoms with E-state index in [0.717, 1.165) is 38.1 Å². The summed E-state index contributed by atoms with van der Waals surface area (Å²) in [4.78, 5) is 6.55. The molecule has 2 aliphatic rings. The van der Waals surface area contributed by atoms with Gasteiger partial charge in [-0.25, -0.2) is 0 Å². The van der Waals surface area contributed by atoms with Crippen LogP contribution in [0.2, 0.25) is 0 Å². The van der Waals surface area contributed by atoms with Gasteiger partial charge < -0.3 is 13.9 Å². The molecule has 0 bridgehead atoms. The second-order valence-corrected chi connectivity index (χ2v) is 6.29. The van der Waals surface area contributed by atoms with Crippen LogP contribution in [0.4, 0.5) is 0 Å². The first-order valence-electron chi connectivity index (χ1n) is 8.27. The predicted molar refractivity (Wildman–Crippen MR) is 84.7 cm³/mol. The van der Waals surface area contributed by atoms with E-state index in [1.807, 2.05) is 24.5 Å². The molecular formula is C18H22N2O3. The number of pyridine rings is 1. The van der Waals surface area contributed by atoms with Gasteiger partial charge in [-0.3, -0.25) is 9.88 Å². The molecule has 1 aliphatic carbocycles. The van der Waals surface area contributed by atoms with Crippen molar-refractivity contribution < 1.29 is 13.9 Å². The molecular weight excluding hydrogens is 292 g/mol. The van der Waals surface area contributed by atoms with Crippen molar-refractivity contribution in [3.05, 3.63) is 54.2 Å². The number of aromatic nitrogens is 1. The Hall–Kier alpha value is -1.69. The molecule has 23 heavy (non-hydrogen) atoms. The number of nitrogens with zero attached hydrogens (tertiary/aromatic N) is 2. The van der Waals surface area contributed by atoms with Gasteiger partial charge in [0.05, 0.1) is 37.9 Å². The van der Waals surface area contributed by atoms with Gasteiger partial charge in [0.25, 0.3) is 0 Å². The molecule has 1 saturated heterocycles. The summed E-state index contributed by atoms with van der Waals surface area (Å²) in [5.74, 6) is 0. The topological polar surface area (TPSA) is 47.7 Å². The van der Waals surface area contributed by atoms with E-state index in [2.05, 4.69) is 9.88 Å². The third-order valence-electron chi connectivity index (χ3n) is 4.83. The molecule has 122 valence electrons. The van der Waals surface area contributed by atoms with Crippen molar-refractivity contribution in [2.75, 3.05) is 13.2 Å². The predicted octanol–water partition coefficient (Wildman–Crippen LogP) is 2.62. The number of ether oxygens (including phenoxy) is 2. The summed E-state index contributed by atoms with van der Waals surface area (Å²) in [5.41, 5.74) is 2.39. The van der Waals surface area contributed by atoms with Gasteiger partial charge in [-0.2, -0.15) is 0 Å². The molecule has 0 aromatic carbocycles. The lowest BCUT2D eigenvalue weighted by molar-refractivity contribution is -0.118. The second kappa shape index (κ2) is 6.83. The monoisotopic (exact) mass is 314 g/mol. The van der Waals surface area contributed by atoms with E-state index in [1.165, 1.54) is 5.56 Å². The van der Waals surface area contributed by atoms with Crippen molar-refractivity contribution in [2.24, 2.45) is 0 Å². The fraction of sp³-hybridized carbons (Fsp3) is 0.500. The Labute approximate surface area is 136 Å².